The smallest absolute Gasteiger partial charge is 0.308 e. The third-order valence-electron chi connectivity index (χ3n) is 3.78. The summed E-state index contributed by atoms with van der Waals surface area (Å²) in [6.07, 6.45) is 2.26. The molecular formula is C15H14ClNO4. The molecule has 2 aliphatic heterocycles. The Bertz CT molecular complexity index is 641. The van der Waals surface area contributed by atoms with Crippen LogP contribution in [0.5, 0.6) is 5.75 Å². The molecule has 6 heteroatoms. The first-order valence-electron chi connectivity index (χ1n) is 6.69. The number of ether oxygens (including phenoxy) is 1. The van der Waals surface area contributed by atoms with Crippen molar-refractivity contribution in [3.05, 3.63) is 34.4 Å². The highest BCUT2D eigenvalue weighted by Crippen LogP contribution is 2.30. The molecule has 3 rings (SSSR count). The summed E-state index contributed by atoms with van der Waals surface area (Å²) in [5.41, 5.74) is 1.29. The van der Waals surface area contributed by atoms with Gasteiger partial charge in [0.25, 0.3) is 5.91 Å². The molecular weight excluding hydrogens is 294 g/mol. The van der Waals surface area contributed by atoms with Crippen molar-refractivity contribution in [2.75, 3.05) is 19.7 Å². The third kappa shape index (κ3) is 2.74. The van der Waals surface area contributed by atoms with Crippen LogP contribution in [-0.4, -0.2) is 41.6 Å². The lowest BCUT2D eigenvalue weighted by atomic mass is 10.1. The Hall–Kier alpha value is -2.01. The Balaban J connectivity index is 1.79. The fraction of sp³-hybridized carbons (Fsp3) is 0.333. The number of fused-ring (bicyclic) bond motifs is 1. The third-order valence-corrected chi connectivity index (χ3v) is 4.02. The lowest BCUT2D eigenvalue weighted by Gasteiger charge is -2.22. The second kappa shape index (κ2) is 5.41. The van der Waals surface area contributed by atoms with Crippen LogP contribution < -0.4 is 4.74 Å². The Kier molecular flexibility index (Phi) is 3.59. The van der Waals surface area contributed by atoms with Crippen LogP contribution in [-0.2, 0) is 9.59 Å². The molecule has 21 heavy (non-hydrogen) atoms. The van der Waals surface area contributed by atoms with E-state index in [1.807, 2.05) is 0 Å². The molecule has 2 aliphatic rings. The van der Waals surface area contributed by atoms with Gasteiger partial charge in [-0.3, -0.25) is 9.59 Å². The zero-order chi connectivity index (χ0) is 15.0. The van der Waals surface area contributed by atoms with Crippen molar-refractivity contribution in [1.29, 1.82) is 0 Å². The van der Waals surface area contributed by atoms with Crippen LogP contribution in [0.15, 0.2) is 23.8 Å². The van der Waals surface area contributed by atoms with Gasteiger partial charge >= 0.3 is 5.97 Å². The average Bonchev–Trinajstić information content (AvgIpc) is 2.95. The van der Waals surface area contributed by atoms with Gasteiger partial charge in [0.05, 0.1) is 11.5 Å². The van der Waals surface area contributed by atoms with Gasteiger partial charge in [0.15, 0.2) is 0 Å². The van der Waals surface area contributed by atoms with Gasteiger partial charge in [0.2, 0.25) is 0 Å². The minimum atomic E-state index is -0.851. The van der Waals surface area contributed by atoms with Gasteiger partial charge in [-0.1, -0.05) is 11.6 Å². The molecule has 0 aromatic heterocycles. The van der Waals surface area contributed by atoms with Gasteiger partial charge in [0.1, 0.15) is 12.4 Å². The van der Waals surface area contributed by atoms with Crippen LogP contribution in [0.25, 0.3) is 6.08 Å². The van der Waals surface area contributed by atoms with Crippen LogP contribution in [0.1, 0.15) is 12.0 Å². The van der Waals surface area contributed by atoms with Crippen LogP contribution >= 0.6 is 11.6 Å². The predicted octanol–water partition coefficient (Wildman–Crippen LogP) is 2.05. The zero-order valence-corrected chi connectivity index (χ0v) is 12.0. The molecule has 0 spiro atoms. The number of hydrogen-bond acceptors (Lipinski definition) is 3. The van der Waals surface area contributed by atoms with Gasteiger partial charge in [-0.25, -0.2) is 0 Å². The van der Waals surface area contributed by atoms with E-state index < -0.39 is 11.9 Å². The van der Waals surface area contributed by atoms with E-state index in [0.29, 0.717) is 29.3 Å². The lowest BCUT2D eigenvalue weighted by Crippen LogP contribution is -2.33. The molecule has 0 saturated carbocycles. The summed E-state index contributed by atoms with van der Waals surface area (Å²) >= 11 is 5.94. The number of carbonyl (C=O) groups excluding carboxylic acids is 1. The van der Waals surface area contributed by atoms with Crippen molar-refractivity contribution in [2.24, 2.45) is 5.92 Å². The molecule has 1 atom stereocenters. The number of hydrogen-bond donors (Lipinski definition) is 1. The number of carbonyl (C=O) groups is 2. The molecule has 1 amide bonds. The monoisotopic (exact) mass is 307 g/mol. The number of rotatable bonds is 2. The minimum absolute atomic E-state index is 0.163. The molecule has 110 valence electrons. The SMILES string of the molecule is O=C(O)C1CCN(C(=O)C2=Cc3cc(Cl)ccc3OC2)C1. The number of halogens is 1. The largest absolute Gasteiger partial charge is 0.488 e. The van der Waals surface area contributed by atoms with Gasteiger partial charge in [-0.05, 0) is 30.7 Å². The van der Waals surface area contributed by atoms with Crippen LogP contribution in [0.4, 0.5) is 0 Å². The quantitative estimate of drug-likeness (QED) is 0.908. The number of aliphatic carboxylic acids is 1. The Morgan fingerprint density at radius 2 is 2.19 bits per heavy atom. The summed E-state index contributed by atoms with van der Waals surface area (Å²) < 4.78 is 5.56. The molecule has 1 fully saturated rings. The highest BCUT2D eigenvalue weighted by atomic mass is 35.5. The predicted molar refractivity (Wildman–Crippen MR) is 77.2 cm³/mol. The van der Waals surface area contributed by atoms with Crippen molar-refractivity contribution in [3.63, 3.8) is 0 Å². The van der Waals surface area contributed by atoms with Crippen molar-refractivity contribution in [1.82, 2.24) is 4.90 Å². The molecule has 1 N–H and O–H groups in total. The summed E-state index contributed by atoms with van der Waals surface area (Å²) in [4.78, 5) is 24.9. The standard InChI is InChI=1S/C15H14ClNO4/c16-12-1-2-13-10(6-12)5-11(8-21-13)14(18)17-4-3-9(7-17)15(19)20/h1-2,5-6,9H,3-4,7-8H2,(H,19,20). The molecule has 0 aliphatic carbocycles. The lowest BCUT2D eigenvalue weighted by molar-refractivity contribution is -0.141. The molecule has 5 nitrogen and oxygen atoms in total. The van der Waals surface area contributed by atoms with E-state index in [1.54, 1.807) is 29.2 Å². The first kappa shape index (κ1) is 13.9. The zero-order valence-electron chi connectivity index (χ0n) is 11.2. The second-order valence-corrected chi connectivity index (χ2v) is 5.65. The van der Waals surface area contributed by atoms with Crippen molar-refractivity contribution < 1.29 is 19.4 Å². The van der Waals surface area contributed by atoms with Crippen molar-refractivity contribution in [3.8, 4) is 5.75 Å². The molecule has 1 saturated heterocycles. The molecule has 2 heterocycles. The Labute approximate surface area is 126 Å². The maximum Gasteiger partial charge on any atom is 0.308 e. The summed E-state index contributed by atoms with van der Waals surface area (Å²) in [6.45, 7) is 0.922. The second-order valence-electron chi connectivity index (χ2n) is 5.22. The van der Waals surface area contributed by atoms with Gasteiger partial charge in [-0.15, -0.1) is 0 Å². The van der Waals surface area contributed by atoms with E-state index in [0.717, 1.165) is 5.56 Å². The summed E-state index contributed by atoms with van der Waals surface area (Å²) in [7, 11) is 0. The number of benzene rings is 1. The fourth-order valence-electron chi connectivity index (χ4n) is 2.62. The van der Waals surface area contributed by atoms with Gasteiger partial charge in [0, 0.05) is 23.7 Å². The number of likely N-dealkylation sites (tertiary alicyclic amines) is 1. The summed E-state index contributed by atoms with van der Waals surface area (Å²) in [5.74, 6) is -0.790. The number of carboxylic acid groups (broad SMARTS) is 1. The van der Waals surface area contributed by atoms with E-state index in [9.17, 15) is 9.59 Å². The van der Waals surface area contributed by atoms with Gasteiger partial charge in [-0.2, -0.15) is 0 Å². The maximum atomic E-state index is 12.4. The molecule has 0 radical (unpaired) electrons. The maximum absolute atomic E-state index is 12.4. The van der Waals surface area contributed by atoms with Crippen molar-refractivity contribution in [2.45, 2.75) is 6.42 Å². The van der Waals surface area contributed by atoms with E-state index in [4.69, 9.17) is 21.4 Å². The number of carboxylic acids is 1. The minimum Gasteiger partial charge on any atom is -0.488 e. The molecule has 0 bridgehead atoms. The van der Waals surface area contributed by atoms with E-state index in [-0.39, 0.29) is 19.1 Å². The highest BCUT2D eigenvalue weighted by Gasteiger charge is 2.32. The van der Waals surface area contributed by atoms with Gasteiger partial charge < -0.3 is 14.7 Å². The molecule has 1 unspecified atom stereocenters. The average molecular weight is 308 g/mol. The fourth-order valence-corrected chi connectivity index (χ4v) is 2.80. The van der Waals surface area contributed by atoms with Crippen LogP contribution in [0.3, 0.4) is 0 Å². The Morgan fingerprint density at radius 1 is 1.38 bits per heavy atom. The topological polar surface area (TPSA) is 66.8 Å². The number of nitrogens with zero attached hydrogens (tertiary/aromatic N) is 1. The van der Waals surface area contributed by atoms with E-state index >= 15 is 0 Å². The highest BCUT2D eigenvalue weighted by molar-refractivity contribution is 6.30. The summed E-state index contributed by atoms with van der Waals surface area (Å²) in [6, 6.07) is 5.25. The van der Waals surface area contributed by atoms with Crippen LogP contribution in [0, 0.1) is 5.92 Å². The number of amides is 1. The van der Waals surface area contributed by atoms with Crippen LogP contribution in [0.2, 0.25) is 5.02 Å². The van der Waals surface area contributed by atoms with E-state index in [1.165, 1.54) is 0 Å². The molecule has 1 aromatic carbocycles. The Morgan fingerprint density at radius 3 is 2.90 bits per heavy atom. The molecule has 1 aromatic rings. The first-order chi connectivity index (χ1) is 10.0. The summed E-state index contributed by atoms with van der Waals surface area (Å²) in [5, 5.41) is 9.57. The normalized spacial score (nSPS) is 20.5. The van der Waals surface area contributed by atoms with E-state index in [2.05, 4.69) is 0 Å². The van der Waals surface area contributed by atoms with Crippen molar-refractivity contribution >= 4 is 29.6 Å². The first-order valence-corrected chi connectivity index (χ1v) is 7.07.